The quantitative estimate of drug-likeness (QED) is 0.154. The van der Waals surface area contributed by atoms with Crippen LogP contribution in [0.4, 0.5) is 62.6 Å². The van der Waals surface area contributed by atoms with Crippen molar-refractivity contribution in [1.29, 1.82) is 0 Å². The topological polar surface area (TPSA) is 13.0 Å². The van der Waals surface area contributed by atoms with Crippen molar-refractivity contribution >= 4 is 85.7 Å². The standard InChI is InChI=1S/C82H91BN4/c1-75(2)48-52-27-28-58(39-53(52)49-75)85-70-41-55-51-76(3,4)50-54(55)40-67(70)83-68-46-64-65(80(11,12)38-37-79(64,9)10)47-71(68)86(60-29-31-62-63(42-60)78(7,8)36-35-77(62,5)6)73-45-61(44-72(85)74(73)83)87-69-32-30-59(43-66(69)81(13)33-21-22-34-82(81,87)14)84(56-23-17-15-18-24-56)57-25-19-16-20-26-57/h15-20,23-32,39-47H,21-22,33-38,48-51H2,1-14H3. The highest BCUT2D eigenvalue weighted by atomic mass is 15.3. The minimum atomic E-state index is -0.215. The molecule has 3 aliphatic heterocycles. The zero-order valence-electron chi connectivity index (χ0n) is 54.8. The van der Waals surface area contributed by atoms with Crippen LogP contribution in [0.25, 0.3) is 0 Å². The van der Waals surface area contributed by atoms with E-state index >= 15 is 0 Å². The maximum Gasteiger partial charge on any atom is 0.252 e. The van der Waals surface area contributed by atoms with Gasteiger partial charge in [0.25, 0.3) is 6.71 Å². The predicted molar refractivity (Wildman–Crippen MR) is 371 cm³/mol. The summed E-state index contributed by atoms with van der Waals surface area (Å²) in [5.74, 6) is 0. The van der Waals surface area contributed by atoms with E-state index in [1.807, 2.05) is 0 Å². The molecule has 5 aliphatic carbocycles. The minimum absolute atomic E-state index is 0.0191. The number of para-hydroxylation sites is 2. The molecular weight excluding hydrogens is 1050 g/mol. The summed E-state index contributed by atoms with van der Waals surface area (Å²) in [7, 11) is 0. The number of fused-ring (bicyclic) bond motifs is 11. The highest BCUT2D eigenvalue weighted by Crippen LogP contribution is 2.63. The van der Waals surface area contributed by atoms with E-state index in [0.717, 1.165) is 38.5 Å². The number of hydrogen-bond acceptors (Lipinski definition) is 4. The third kappa shape index (κ3) is 8.14. The Bertz CT molecular complexity index is 4160. The lowest BCUT2D eigenvalue weighted by Crippen LogP contribution is -2.62. The van der Waals surface area contributed by atoms with E-state index in [2.05, 4.69) is 268 Å². The maximum absolute atomic E-state index is 2.89. The highest BCUT2D eigenvalue weighted by molar-refractivity contribution is 7.00. The van der Waals surface area contributed by atoms with Crippen LogP contribution < -0.4 is 36.0 Å². The van der Waals surface area contributed by atoms with Crippen molar-refractivity contribution in [2.75, 3.05) is 19.6 Å². The Hall–Kier alpha value is -6.98. The van der Waals surface area contributed by atoms with Crippen LogP contribution in [0.15, 0.2) is 152 Å². The lowest BCUT2D eigenvalue weighted by molar-refractivity contribution is 0.195. The first-order valence-corrected chi connectivity index (χ1v) is 33.5. The second kappa shape index (κ2) is 18.3. The van der Waals surface area contributed by atoms with Crippen LogP contribution in [0.1, 0.15) is 198 Å². The molecule has 3 heterocycles. The fourth-order valence-electron chi connectivity index (χ4n) is 19.1. The molecule has 1 saturated carbocycles. The van der Waals surface area contributed by atoms with Crippen LogP contribution in [0, 0.1) is 10.8 Å². The molecule has 8 aromatic carbocycles. The smallest absolute Gasteiger partial charge is 0.252 e. The van der Waals surface area contributed by atoms with Crippen LogP contribution in [0.2, 0.25) is 0 Å². The molecule has 1 fully saturated rings. The first-order valence-electron chi connectivity index (χ1n) is 33.5. The maximum atomic E-state index is 2.89. The average Bonchev–Trinajstić information content (AvgIpc) is 1.68. The summed E-state index contributed by atoms with van der Waals surface area (Å²) in [4.78, 5) is 11.0. The van der Waals surface area contributed by atoms with E-state index in [1.165, 1.54) is 168 Å². The number of nitrogens with zero attached hydrogens (tertiary/aromatic N) is 4. The molecule has 0 aromatic heterocycles. The van der Waals surface area contributed by atoms with E-state index in [0.29, 0.717) is 0 Å². The molecule has 87 heavy (non-hydrogen) atoms. The fraction of sp³-hybridized carbons (Fsp3) is 0.415. The molecule has 0 N–H and O–H groups in total. The van der Waals surface area contributed by atoms with Crippen molar-refractivity contribution in [2.24, 2.45) is 10.8 Å². The second-order valence-electron chi connectivity index (χ2n) is 33.2. The van der Waals surface area contributed by atoms with Crippen molar-refractivity contribution in [2.45, 2.75) is 207 Å². The molecule has 0 bridgehead atoms. The van der Waals surface area contributed by atoms with Crippen molar-refractivity contribution in [1.82, 2.24) is 0 Å². The Labute approximate surface area is 521 Å². The summed E-state index contributed by atoms with van der Waals surface area (Å²) in [6, 6.07) is 61.3. The Morgan fingerprint density at radius 1 is 0.345 bits per heavy atom. The van der Waals surface area contributed by atoms with Crippen LogP contribution in [0.5, 0.6) is 0 Å². The summed E-state index contributed by atoms with van der Waals surface area (Å²) in [6.45, 7) is 35.3. The van der Waals surface area contributed by atoms with Gasteiger partial charge < -0.3 is 19.6 Å². The molecule has 0 spiro atoms. The van der Waals surface area contributed by atoms with Gasteiger partial charge in [0.1, 0.15) is 0 Å². The third-order valence-electron chi connectivity index (χ3n) is 24.2. The van der Waals surface area contributed by atoms with Crippen molar-refractivity contribution in [3.05, 3.63) is 202 Å². The summed E-state index contributed by atoms with van der Waals surface area (Å²) in [5.41, 5.74) is 32.3. The van der Waals surface area contributed by atoms with Gasteiger partial charge in [-0.3, -0.25) is 0 Å². The summed E-state index contributed by atoms with van der Waals surface area (Å²) in [5, 5.41) is 0. The first-order chi connectivity index (χ1) is 41.2. The third-order valence-corrected chi connectivity index (χ3v) is 24.2. The molecule has 8 aromatic rings. The van der Waals surface area contributed by atoms with Gasteiger partial charge in [-0.25, -0.2) is 0 Å². The average molecular weight is 1140 g/mol. The van der Waals surface area contributed by atoms with Crippen LogP contribution in [-0.2, 0) is 52.8 Å². The molecule has 5 heteroatoms. The minimum Gasteiger partial charge on any atom is -0.334 e. The van der Waals surface area contributed by atoms with Crippen LogP contribution in [-0.4, -0.2) is 12.3 Å². The normalized spacial score (nSPS) is 23.7. The fourth-order valence-corrected chi connectivity index (χ4v) is 19.1. The SMILES string of the molecule is CC1(C)Cc2ccc(N3c4cc5c(cc4B4c6cc7c(cc6N(c6ccc8c(c6)C(C)(C)CCC8(C)C)c6cc(N8c9ccc(N(c%10ccccc%10)c%10ccccc%10)cc9C9(C)CCCCC89C)cc3c64)C(C)(C)CCC7(C)C)CC(C)(C)C5)cc2C1. The number of hydrogen-bond donors (Lipinski definition) is 0. The Morgan fingerprint density at radius 2 is 0.839 bits per heavy atom. The van der Waals surface area contributed by atoms with Gasteiger partial charge in [0, 0.05) is 68.0 Å². The van der Waals surface area contributed by atoms with Gasteiger partial charge >= 0.3 is 0 Å². The zero-order chi connectivity index (χ0) is 60.3. The molecule has 2 unspecified atom stereocenters. The number of rotatable bonds is 6. The van der Waals surface area contributed by atoms with Gasteiger partial charge in [0.2, 0.25) is 0 Å². The van der Waals surface area contributed by atoms with E-state index in [-0.39, 0.29) is 50.2 Å². The van der Waals surface area contributed by atoms with Crippen molar-refractivity contribution in [3.8, 4) is 0 Å². The largest absolute Gasteiger partial charge is 0.334 e. The molecular formula is C82H91BN4. The summed E-state index contributed by atoms with van der Waals surface area (Å²) in [6.07, 6.45) is 13.8. The lowest BCUT2D eigenvalue weighted by Gasteiger charge is -2.51. The molecule has 16 rings (SSSR count). The van der Waals surface area contributed by atoms with Crippen LogP contribution >= 0.6 is 0 Å². The van der Waals surface area contributed by atoms with Crippen molar-refractivity contribution < 1.29 is 0 Å². The van der Waals surface area contributed by atoms with E-state index in [9.17, 15) is 0 Å². The Morgan fingerprint density at radius 3 is 1.46 bits per heavy atom. The van der Waals surface area contributed by atoms with E-state index in [4.69, 9.17) is 0 Å². The molecule has 0 saturated heterocycles. The number of anilines is 11. The van der Waals surface area contributed by atoms with Gasteiger partial charge in [-0.2, -0.15) is 0 Å². The second-order valence-corrected chi connectivity index (χ2v) is 33.2. The van der Waals surface area contributed by atoms with Gasteiger partial charge in [-0.05, 0) is 261 Å². The lowest BCUT2D eigenvalue weighted by atomic mass is 9.33. The van der Waals surface area contributed by atoms with E-state index < -0.39 is 0 Å². The molecule has 8 aliphatic rings. The molecule has 0 radical (unpaired) electrons. The van der Waals surface area contributed by atoms with Crippen LogP contribution in [0.3, 0.4) is 0 Å². The van der Waals surface area contributed by atoms with Gasteiger partial charge in [0.05, 0.1) is 5.54 Å². The summed E-state index contributed by atoms with van der Waals surface area (Å²) < 4.78 is 0. The Balaban J connectivity index is 1.02. The van der Waals surface area contributed by atoms with Gasteiger partial charge in [0.15, 0.2) is 0 Å². The Kier molecular flexibility index (Phi) is 11.7. The highest BCUT2D eigenvalue weighted by Gasteiger charge is 2.59. The summed E-state index contributed by atoms with van der Waals surface area (Å²) >= 11 is 0. The molecule has 0 amide bonds. The van der Waals surface area contributed by atoms with Gasteiger partial charge in [-0.15, -0.1) is 0 Å². The van der Waals surface area contributed by atoms with Gasteiger partial charge in [-0.1, -0.05) is 164 Å². The molecule has 442 valence electrons. The van der Waals surface area contributed by atoms with E-state index in [1.54, 1.807) is 0 Å². The monoisotopic (exact) mass is 1140 g/mol. The molecule has 4 nitrogen and oxygen atoms in total. The first kappa shape index (κ1) is 55.3. The molecule has 2 atom stereocenters. The van der Waals surface area contributed by atoms with Crippen molar-refractivity contribution in [3.63, 3.8) is 0 Å². The predicted octanol–water partition coefficient (Wildman–Crippen LogP) is 19.9. The zero-order valence-corrected chi connectivity index (χ0v) is 54.8. The number of benzene rings is 8.